The van der Waals surface area contributed by atoms with Gasteiger partial charge in [0.1, 0.15) is 5.78 Å². The van der Waals surface area contributed by atoms with Crippen LogP contribution in [0.3, 0.4) is 0 Å². The molecule has 1 unspecified atom stereocenters. The molecule has 0 saturated carbocycles. The third-order valence-corrected chi connectivity index (χ3v) is 2.75. The Morgan fingerprint density at radius 2 is 2.44 bits per heavy atom. The van der Waals surface area contributed by atoms with Crippen LogP contribution in [0, 0.1) is 0 Å². The van der Waals surface area contributed by atoms with Crippen molar-refractivity contribution in [1.82, 2.24) is 15.2 Å². The highest BCUT2D eigenvalue weighted by molar-refractivity contribution is 5.79. The number of H-pyrrole nitrogens is 1. The summed E-state index contributed by atoms with van der Waals surface area (Å²) in [6.45, 7) is 2.67. The first-order chi connectivity index (χ1) is 7.66. The maximum atomic E-state index is 11.6. The van der Waals surface area contributed by atoms with E-state index in [4.69, 9.17) is 0 Å². The summed E-state index contributed by atoms with van der Waals surface area (Å²) in [5, 5.41) is 2.89. The van der Waals surface area contributed by atoms with Crippen molar-refractivity contribution in [3.05, 3.63) is 24.0 Å². The molecule has 1 saturated heterocycles. The Morgan fingerprint density at radius 1 is 1.62 bits per heavy atom. The van der Waals surface area contributed by atoms with E-state index in [0.29, 0.717) is 19.5 Å². The topological polar surface area (TPSA) is 65.2 Å². The molecule has 2 heterocycles. The van der Waals surface area contributed by atoms with E-state index in [2.05, 4.69) is 10.3 Å². The van der Waals surface area contributed by atoms with Gasteiger partial charge in [-0.25, -0.2) is 4.79 Å². The van der Waals surface area contributed by atoms with Crippen LogP contribution in [-0.4, -0.2) is 34.8 Å². The fraction of sp³-hybridized carbons (Fsp3) is 0.455. The van der Waals surface area contributed by atoms with E-state index in [1.807, 2.05) is 18.5 Å². The molecule has 5 nitrogen and oxygen atoms in total. The van der Waals surface area contributed by atoms with E-state index in [-0.39, 0.29) is 17.9 Å². The lowest BCUT2D eigenvalue weighted by Crippen LogP contribution is -2.29. The highest BCUT2D eigenvalue weighted by Gasteiger charge is 2.29. The van der Waals surface area contributed by atoms with Crippen molar-refractivity contribution in [1.29, 1.82) is 0 Å². The molecule has 1 atom stereocenters. The minimum Gasteiger partial charge on any atom is -0.367 e. The van der Waals surface area contributed by atoms with Gasteiger partial charge in [0, 0.05) is 31.9 Å². The second-order valence-electron chi connectivity index (χ2n) is 4.04. The van der Waals surface area contributed by atoms with Crippen LogP contribution in [0.2, 0.25) is 0 Å². The molecule has 1 aromatic rings. The van der Waals surface area contributed by atoms with Gasteiger partial charge in [0.25, 0.3) is 0 Å². The number of aromatic amines is 1. The second kappa shape index (κ2) is 4.38. The summed E-state index contributed by atoms with van der Waals surface area (Å²) in [4.78, 5) is 27.1. The van der Waals surface area contributed by atoms with Crippen LogP contribution in [0.25, 0.3) is 0 Å². The molecule has 1 aliphatic heterocycles. The third-order valence-electron chi connectivity index (χ3n) is 2.75. The number of carbonyl (C=O) groups excluding carboxylic acids is 2. The van der Waals surface area contributed by atoms with E-state index in [0.717, 1.165) is 5.56 Å². The Morgan fingerprint density at radius 3 is 3.06 bits per heavy atom. The summed E-state index contributed by atoms with van der Waals surface area (Å²) in [6, 6.07) is 1.89. The minimum absolute atomic E-state index is 0.0331. The molecule has 86 valence electrons. The van der Waals surface area contributed by atoms with Crippen molar-refractivity contribution in [2.24, 2.45) is 0 Å². The number of amides is 2. The Bertz CT molecular complexity index is 386. The van der Waals surface area contributed by atoms with Gasteiger partial charge in [-0.3, -0.25) is 4.79 Å². The van der Waals surface area contributed by atoms with Gasteiger partial charge >= 0.3 is 6.03 Å². The predicted octanol–water partition coefficient (Wildman–Crippen LogP) is 1.06. The Kier molecular flexibility index (Phi) is 2.94. The van der Waals surface area contributed by atoms with Crippen LogP contribution >= 0.6 is 0 Å². The van der Waals surface area contributed by atoms with Gasteiger partial charge < -0.3 is 15.2 Å². The molecule has 2 N–H and O–H groups in total. The first-order valence-corrected chi connectivity index (χ1v) is 5.34. The fourth-order valence-electron chi connectivity index (χ4n) is 1.82. The Hall–Kier alpha value is -1.78. The Balaban J connectivity index is 1.94. The summed E-state index contributed by atoms with van der Waals surface area (Å²) in [7, 11) is 0. The first-order valence-electron chi connectivity index (χ1n) is 5.34. The molecule has 0 spiro atoms. The maximum Gasteiger partial charge on any atom is 0.318 e. The van der Waals surface area contributed by atoms with Crippen molar-refractivity contribution in [3.8, 4) is 0 Å². The van der Waals surface area contributed by atoms with Crippen LogP contribution in [0.1, 0.15) is 24.9 Å². The highest BCUT2D eigenvalue weighted by Crippen LogP contribution is 2.19. The lowest BCUT2D eigenvalue weighted by atomic mass is 10.1. The standard InChI is InChI=1S/C11H15N3O2/c1-8(15)3-5-14-7-10(13-11(14)16)9-2-4-12-6-9/h2,4,6,10,12H,3,5,7H2,1H3,(H,13,16). The minimum atomic E-state index is -0.0903. The van der Waals surface area contributed by atoms with Crippen LogP contribution in [0.4, 0.5) is 4.79 Å². The van der Waals surface area contributed by atoms with Crippen LogP contribution in [0.15, 0.2) is 18.5 Å². The van der Waals surface area contributed by atoms with Gasteiger partial charge in [-0.2, -0.15) is 0 Å². The molecule has 1 fully saturated rings. The molecule has 0 aromatic carbocycles. The molecule has 1 aromatic heterocycles. The lowest BCUT2D eigenvalue weighted by molar-refractivity contribution is -0.117. The van der Waals surface area contributed by atoms with E-state index < -0.39 is 0 Å². The monoisotopic (exact) mass is 221 g/mol. The van der Waals surface area contributed by atoms with Gasteiger partial charge in [0.05, 0.1) is 6.04 Å². The molecule has 5 heteroatoms. The molecule has 16 heavy (non-hydrogen) atoms. The normalized spacial score (nSPS) is 19.9. The van der Waals surface area contributed by atoms with E-state index in [1.165, 1.54) is 6.92 Å². The van der Waals surface area contributed by atoms with Crippen molar-refractivity contribution in [2.45, 2.75) is 19.4 Å². The molecular weight excluding hydrogens is 206 g/mol. The van der Waals surface area contributed by atoms with Crippen molar-refractivity contribution >= 4 is 11.8 Å². The van der Waals surface area contributed by atoms with Gasteiger partial charge in [0.15, 0.2) is 0 Å². The number of carbonyl (C=O) groups is 2. The van der Waals surface area contributed by atoms with Gasteiger partial charge in [-0.1, -0.05) is 0 Å². The average molecular weight is 221 g/mol. The van der Waals surface area contributed by atoms with Gasteiger partial charge in [0.2, 0.25) is 0 Å². The van der Waals surface area contributed by atoms with E-state index in [1.54, 1.807) is 4.90 Å². The van der Waals surface area contributed by atoms with Crippen molar-refractivity contribution in [3.63, 3.8) is 0 Å². The molecule has 2 amide bonds. The van der Waals surface area contributed by atoms with Crippen LogP contribution < -0.4 is 5.32 Å². The summed E-state index contributed by atoms with van der Waals surface area (Å²) in [5.74, 6) is 0.109. The molecule has 0 radical (unpaired) electrons. The maximum absolute atomic E-state index is 11.6. The number of ketones is 1. The number of aromatic nitrogens is 1. The molecular formula is C11H15N3O2. The van der Waals surface area contributed by atoms with Crippen LogP contribution in [-0.2, 0) is 4.79 Å². The van der Waals surface area contributed by atoms with Crippen LogP contribution in [0.5, 0.6) is 0 Å². The number of Topliss-reactive ketones (excluding diaryl/α,β-unsaturated/α-hetero) is 1. The quantitative estimate of drug-likeness (QED) is 0.798. The summed E-state index contributed by atoms with van der Waals surface area (Å²) in [5.41, 5.74) is 1.07. The van der Waals surface area contributed by atoms with E-state index >= 15 is 0 Å². The molecule has 0 bridgehead atoms. The Labute approximate surface area is 93.8 Å². The zero-order chi connectivity index (χ0) is 11.5. The number of hydrogen-bond acceptors (Lipinski definition) is 2. The largest absolute Gasteiger partial charge is 0.367 e. The fourth-order valence-corrected chi connectivity index (χ4v) is 1.82. The van der Waals surface area contributed by atoms with Gasteiger partial charge in [-0.15, -0.1) is 0 Å². The van der Waals surface area contributed by atoms with Crippen molar-refractivity contribution < 1.29 is 9.59 Å². The zero-order valence-corrected chi connectivity index (χ0v) is 9.19. The third kappa shape index (κ3) is 2.24. The number of nitrogens with one attached hydrogen (secondary N) is 2. The van der Waals surface area contributed by atoms with Crippen molar-refractivity contribution in [2.75, 3.05) is 13.1 Å². The lowest BCUT2D eigenvalue weighted by Gasteiger charge is -2.12. The first kappa shape index (κ1) is 10.7. The number of nitrogens with zero attached hydrogens (tertiary/aromatic N) is 1. The summed E-state index contributed by atoms with van der Waals surface area (Å²) < 4.78 is 0. The number of hydrogen-bond donors (Lipinski definition) is 2. The highest BCUT2D eigenvalue weighted by atomic mass is 16.2. The SMILES string of the molecule is CC(=O)CCN1CC(c2cc[nH]c2)NC1=O. The summed E-state index contributed by atoms with van der Waals surface area (Å²) in [6.07, 6.45) is 4.13. The molecule has 1 aliphatic rings. The molecule has 0 aliphatic carbocycles. The van der Waals surface area contributed by atoms with E-state index in [9.17, 15) is 9.59 Å². The molecule has 2 rings (SSSR count). The smallest absolute Gasteiger partial charge is 0.318 e. The average Bonchev–Trinajstić information content (AvgIpc) is 2.83. The zero-order valence-electron chi connectivity index (χ0n) is 9.19. The number of urea groups is 1. The number of rotatable bonds is 4. The van der Waals surface area contributed by atoms with Gasteiger partial charge in [-0.05, 0) is 18.6 Å². The predicted molar refractivity (Wildman–Crippen MR) is 58.9 cm³/mol. The summed E-state index contributed by atoms with van der Waals surface area (Å²) >= 11 is 0. The second-order valence-corrected chi connectivity index (χ2v) is 4.04.